The van der Waals surface area contributed by atoms with Gasteiger partial charge in [0.25, 0.3) is 0 Å². The van der Waals surface area contributed by atoms with E-state index in [0.717, 1.165) is 18.5 Å². The molecule has 0 amide bonds. The van der Waals surface area contributed by atoms with E-state index in [4.69, 9.17) is 14.2 Å². The van der Waals surface area contributed by atoms with Crippen LogP contribution in [0.2, 0.25) is 0 Å². The molecule has 0 fully saturated rings. The zero-order valence-electron chi connectivity index (χ0n) is 17.2. The molecule has 0 aliphatic rings. The first-order valence-electron chi connectivity index (χ1n) is 9.26. The Morgan fingerprint density at radius 3 is 2.09 bits per heavy atom. The summed E-state index contributed by atoms with van der Waals surface area (Å²) in [5.41, 5.74) is 1.25. The molecule has 0 aliphatic heterocycles. The summed E-state index contributed by atoms with van der Waals surface area (Å²) in [5.74, 6) is 0.0899. The average molecular weight is 896 g/mol. The van der Waals surface area contributed by atoms with E-state index >= 15 is 0 Å². The van der Waals surface area contributed by atoms with Crippen LogP contribution in [-0.4, -0.2) is 31.1 Å². The van der Waals surface area contributed by atoms with E-state index in [9.17, 15) is 14.7 Å². The summed E-state index contributed by atoms with van der Waals surface area (Å²) in [7, 11) is 3.15. The first-order chi connectivity index (χ1) is 15.7. The molecule has 0 aromatic heterocycles. The highest BCUT2D eigenvalue weighted by molar-refractivity contribution is 14.1. The summed E-state index contributed by atoms with van der Waals surface area (Å²) in [6, 6.07) is 12.4. The summed E-state index contributed by atoms with van der Waals surface area (Å²) >= 11 is 8.22. The molecule has 0 radical (unpaired) electrons. The molecule has 1 N–H and O–H groups in total. The van der Waals surface area contributed by atoms with Gasteiger partial charge in [-0.05, 0) is 126 Å². The van der Waals surface area contributed by atoms with Crippen LogP contribution in [-0.2, 0) is 6.61 Å². The van der Waals surface area contributed by atoms with Gasteiger partial charge in [-0.25, -0.2) is 4.79 Å². The molecule has 0 saturated heterocycles. The highest BCUT2D eigenvalue weighted by Gasteiger charge is 2.28. The Hall–Kier alpha value is -0.880. The number of carbonyl (C=O) groups excluding carboxylic acids is 1. The maximum absolute atomic E-state index is 13.7. The second kappa shape index (κ2) is 11.7. The molecule has 0 unspecified atom stereocenters. The second-order valence-electron chi connectivity index (χ2n) is 6.66. The zero-order chi connectivity index (χ0) is 24.3. The van der Waals surface area contributed by atoms with Gasteiger partial charge in [0.05, 0.1) is 38.1 Å². The molecule has 172 valence electrons. The Morgan fingerprint density at radius 1 is 0.848 bits per heavy atom. The fraction of sp³-hybridized carbons (Fsp3) is 0.130. The lowest BCUT2D eigenvalue weighted by atomic mass is 9.97. The highest BCUT2D eigenvalue weighted by atomic mass is 127. The lowest BCUT2D eigenvalue weighted by Gasteiger charge is -2.18. The van der Waals surface area contributed by atoms with Crippen LogP contribution in [0.4, 0.5) is 0 Å². The van der Waals surface area contributed by atoms with Crippen LogP contribution >= 0.6 is 90.4 Å². The Kier molecular flexibility index (Phi) is 9.47. The number of ketones is 1. The minimum atomic E-state index is -1.16. The Morgan fingerprint density at radius 2 is 1.52 bits per heavy atom. The summed E-state index contributed by atoms with van der Waals surface area (Å²) < 4.78 is 19.5. The molecule has 0 bridgehead atoms. The van der Waals surface area contributed by atoms with Gasteiger partial charge in [-0.2, -0.15) is 0 Å². The van der Waals surface area contributed by atoms with Gasteiger partial charge >= 0.3 is 5.97 Å². The number of halogens is 4. The van der Waals surface area contributed by atoms with Crippen molar-refractivity contribution in [2.45, 2.75) is 6.61 Å². The third-order valence-corrected chi connectivity index (χ3v) is 7.89. The van der Waals surface area contributed by atoms with E-state index in [2.05, 4.69) is 45.2 Å². The Bertz CT molecular complexity index is 1220. The molecule has 0 saturated carbocycles. The number of benzene rings is 3. The first kappa shape index (κ1) is 26.7. The van der Waals surface area contributed by atoms with Crippen LogP contribution in [0.1, 0.15) is 31.8 Å². The highest BCUT2D eigenvalue weighted by Crippen LogP contribution is 2.40. The van der Waals surface area contributed by atoms with Crippen LogP contribution in [0.3, 0.4) is 0 Å². The number of rotatable bonds is 8. The fourth-order valence-electron chi connectivity index (χ4n) is 3.07. The van der Waals surface area contributed by atoms with Crippen LogP contribution in [0.5, 0.6) is 17.2 Å². The average Bonchev–Trinajstić information content (AvgIpc) is 2.77. The fourth-order valence-corrected chi connectivity index (χ4v) is 7.43. The summed E-state index contributed by atoms with van der Waals surface area (Å²) in [4.78, 5) is 25.6. The van der Waals surface area contributed by atoms with Crippen molar-refractivity contribution in [3.05, 3.63) is 79.0 Å². The van der Waals surface area contributed by atoms with Crippen LogP contribution < -0.4 is 14.2 Å². The number of hydrogen-bond acceptors (Lipinski definition) is 5. The lowest BCUT2D eigenvalue weighted by molar-refractivity contribution is 0.0692. The van der Waals surface area contributed by atoms with E-state index in [0.29, 0.717) is 18.6 Å². The number of aromatic carboxylic acids is 1. The smallest absolute Gasteiger partial charge is 0.336 e. The van der Waals surface area contributed by atoms with Crippen molar-refractivity contribution in [2.24, 2.45) is 0 Å². The predicted molar refractivity (Wildman–Crippen MR) is 158 cm³/mol. The van der Waals surface area contributed by atoms with Crippen molar-refractivity contribution in [2.75, 3.05) is 14.2 Å². The number of methoxy groups -OCH3 is 2. The van der Waals surface area contributed by atoms with E-state index in [1.54, 1.807) is 26.4 Å². The number of hydrogen-bond donors (Lipinski definition) is 1. The van der Waals surface area contributed by atoms with Crippen LogP contribution in [0, 0.1) is 14.3 Å². The standard InChI is InChI=1S/C23H16I4O6/c1-31-13-5-3-11(4-6-13)10-33-21-15(9-17(26)22(32-2)19(21)27)20(28)18-14(23(29)30)7-12(24)8-16(18)25/h3-9H,10H2,1-2H3,(H,29,30). The van der Waals surface area contributed by atoms with Gasteiger partial charge in [-0.15, -0.1) is 0 Å². The normalized spacial score (nSPS) is 10.6. The monoisotopic (exact) mass is 896 g/mol. The van der Waals surface area contributed by atoms with E-state index in [1.165, 1.54) is 6.07 Å². The third-order valence-electron chi connectivity index (χ3n) is 4.63. The van der Waals surface area contributed by atoms with Crippen LogP contribution in [0.25, 0.3) is 0 Å². The van der Waals surface area contributed by atoms with E-state index in [1.807, 2.05) is 69.4 Å². The number of carboxylic acid groups (broad SMARTS) is 1. The van der Waals surface area contributed by atoms with Crippen molar-refractivity contribution >= 4 is 102 Å². The number of carbonyl (C=O) groups is 2. The maximum atomic E-state index is 13.7. The maximum Gasteiger partial charge on any atom is 0.336 e. The molecule has 0 aliphatic carbocycles. The van der Waals surface area contributed by atoms with Gasteiger partial charge in [-0.1, -0.05) is 12.1 Å². The molecule has 0 atom stereocenters. The SMILES string of the molecule is COc1ccc(COc2c(C(=O)c3c(I)cc(I)cc3C(=O)O)cc(I)c(OC)c2I)cc1. The molecule has 0 heterocycles. The molecule has 3 aromatic carbocycles. The largest absolute Gasteiger partial charge is 0.497 e. The molecule has 6 nitrogen and oxygen atoms in total. The molecular formula is C23H16I4O6. The molecule has 10 heteroatoms. The molecule has 3 rings (SSSR count). The lowest BCUT2D eigenvalue weighted by Crippen LogP contribution is -2.15. The minimum Gasteiger partial charge on any atom is -0.497 e. The zero-order valence-corrected chi connectivity index (χ0v) is 25.9. The molecule has 33 heavy (non-hydrogen) atoms. The van der Waals surface area contributed by atoms with Gasteiger partial charge < -0.3 is 19.3 Å². The van der Waals surface area contributed by atoms with Crippen molar-refractivity contribution in [1.82, 2.24) is 0 Å². The van der Waals surface area contributed by atoms with Crippen molar-refractivity contribution in [3.63, 3.8) is 0 Å². The van der Waals surface area contributed by atoms with Crippen molar-refractivity contribution in [3.8, 4) is 17.2 Å². The summed E-state index contributed by atoms with van der Waals surface area (Å²) in [6.07, 6.45) is 0. The van der Waals surface area contributed by atoms with E-state index < -0.39 is 11.8 Å². The van der Waals surface area contributed by atoms with Gasteiger partial charge in [0.1, 0.15) is 23.9 Å². The molecular weight excluding hydrogens is 880 g/mol. The third kappa shape index (κ3) is 6.04. The van der Waals surface area contributed by atoms with Gasteiger partial charge in [0.2, 0.25) is 0 Å². The predicted octanol–water partition coefficient (Wildman–Crippen LogP) is 6.63. The number of carboxylic acids is 1. The molecule has 3 aromatic rings. The Balaban J connectivity index is 2.11. The minimum absolute atomic E-state index is 0.0433. The van der Waals surface area contributed by atoms with Gasteiger partial charge in [0, 0.05) is 7.14 Å². The summed E-state index contributed by atoms with van der Waals surface area (Å²) in [6.45, 7) is 0.208. The topological polar surface area (TPSA) is 82.1 Å². The number of ether oxygens (including phenoxy) is 3. The second-order valence-corrected chi connectivity index (χ2v) is 11.3. The quantitative estimate of drug-likeness (QED) is 0.202. The molecule has 0 spiro atoms. The van der Waals surface area contributed by atoms with Gasteiger partial charge in [-0.3, -0.25) is 4.79 Å². The first-order valence-corrected chi connectivity index (χ1v) is 13.6. The van der Waals surface area contributed by atoms with E-state index in [-0.39, 0.29) is 23.3 Å². The van der Waals surface area contributed by atoms with Crippen molar-refractivity contribution < 1.29 is 28.9 Å². The van der Waals surface area contributed by atoms with Crippen molar-refractivity contribution in [1.29, 1.82) is 0 Å². The van der Waals surface area contributed by atoms with Crippen LogP contribution in [0.15, 0.2) is 42.5 Å². The summed E-state index contributed by atoms with van der Waals surface area (Å²) in [5, 5.41) is 9.74. The van der Waals surface area contributed by atoms with Gasteiger partial charge in [0.15, 0.2) is 5.78 Å². The Labute approximate surface area is 245 Å².